The third-order valence-corrected chi connectivity index (χ3v) is 3.36. The van der Waals surface area contributed by atoms with Crippen LogP contribution < -0.4 is 5.32 Å². The minimum atomic E-state index is -0.144. The van der Waals surface area contributed by atoms with Gasteiger partial charge in [-0.2, -0.15) is 0 Å². The molecule has 1 aromatic carbocycles. The third kappa shape index (κ3) is 2.92. The van der Waals surface area contributed by atoms with Crippen molar-refractivity contribution in [3.63, 3.8) is 0 Å². The predicted octanol–water partition coefficient (Wildman–Crippen LogP) is 1.46. The Kier molecular flexibility index (Phi) is 3.71. The smallest absolute Gasteiger partial charge is 0.232 e. The largest absolute Gasteiger partial charge is 0.326 e. The molecule has 2 aromatic rings. The van der Waals surface area contributed by atoms with Crippen molar-refractivity contribution in [1.29, 1.82) is 0 Å². The molecule has 6 nitrogen and oxygen atoms in total. The summed E-state index contributed by atoms with van der Waals surface area (Å²) in [6, 6.07) is 5.63. The topological polar surface area (TPSA) is 72.7 Å². The van der Waals surface area contributed by atoms with Crippen molar-refractivity contribution in [2.24, 2.45) is 7.05 Å². The molecule has 0 bridgehead atoms. The Morgan fingerprint density at radius 3 is 2.89 bits per heavy atom. The Bertz CT molecular complexity index is 581. The van der Waals surface area contributed by atoms with Crippen LogP contribution in [0.5, 0.6) is 0 Å². The standard InChI is InChI=1S/C11H12BrN5O/c1-7-5-8(3-4-9(7)12)13-11(18)6-10-14-15-16-17(10)2/h3-5H,6H2,1-2H3,(H,13,18). The van der Waals surface area contributed by atoms with Crippen LogP contribution in [-0.2, 0) is 18.3 Å². The van der Waals surface area contributed by atoms with Gasteiger partial charge in [-0.1, -0.05) is 15.9 Å². The van der Waals surface area contributed by atoms with E-state index in [9.17, 15) is 4.79 Å². The maximum atomic E-state index is 11.8. The molecular formula is C11H12BrN5O. The number of hydrogen-bond acceptors (Lipinski definition) is 4. The molecule has 1 N–H and O–H groups in total. The number of aryl methyl sites for hydroxylation is 2. The molecule has 0 atom stereocenters. The van der Waals surface area contributed by atoms with Crippen LogP contribution in [0.2, 0.25) is 0 Å². The number of carbonyl (C=O) groups excluding carboxylic acids is 1. The Morgan fingerprint density at radius 1 is 1.50 bits per heavy atom. The monoisotopic (exact) mass is 309 g/mol. The number of hydrogen-bond donors (Lipinski definition) is 1. The van der Waals surface area contributed by atoms with Crippen molar-refractivity contribution in [3.8, 4) is 0 Å². The number of anilines is 1. The number of amides is 1. The lowest BCUT2D eigenvalue weighted by molar-refractivity contribution is -0.115. The molecule has 0 saturated heterocycles. The summed E-state index contributed by atoms with van der Waals surface area (Å²) in [5, 5.41) is 13.7. The quantitative estimate of drug-likeness (QED) is 0.931. The zero-order valence-corrected chi connectivity index (χ0v) is 11.6. The molecule has 1 aromatic heterocycles. The molecule has 0 saturated carbocycles. The highest BCUT2D eigenvalue weighted by Crippen LogP contribution is 2.19. The van der Waals surface area contributed by atoms with E-state index < -0.39 is 0 Å². The highest BCUT2D eigenvalue weighted by molar-refractivity contribution is 9.10. The maximum absolute atomic E-state index is 11.8. The Morgan fingerprint density at radius 2 is 2.28 bits per heavy atom. The Balaban J connectivity index is 2.03. The molecule has 0 unspecified atom stereocenters. The van der Waals surface area contributed by atoms with Crippen LogP contribution in [0.4, 0.5) is 5.69 Å². The summed E-state index contributed by atoms with van der Waals surface area (Å²) in [4.78, 5) is 11.8. The van der Waals surface area contributed by atoms with Gasteiger partial charge < -0.3 is 5.32 Å². The minimum Gasteiger partial charge on any atom is -0.326 e. The molecule has 1 heterocycles. The van der Waals surface area contributed by atoms with Crippen molar-refractivity contribution in [2.45, 2.75) is 13.3 Å². The van der Waals surface area contributed by atoms with Crippen molar-refractivity contribution in [3.05, 3.63) is 34.1 Å². The van der Waals surface area contributed by atoms with Crippen LogP contribution >= 0.6 is 15.9 Å². The van der Waals surface area contributed by atoms with Gasteiger partial charge in [0.05, 0.1) is 6.42 Å². The normalized spacial score (nSPS) is 10.4. The average molecular weight is 310 g/mol. The summed E-state index contributed by atoms with van der Waals surface area (Å²) in [6.45, 7) is 1.96. The van der Waals surface area contributed by atoms with Gasteiger partial charge in [0.25, 0.3) is 0 Å². The number of halogens is 1. The average Bonchev–Trinajstić information content (AvgIpc) is 2.70. The first-order valence-electron chi connectivity index (χ1n) is 5.33. The van der Waals surface area contributed by atoms with E-state index in [1.807, 2.05) is 25.1 Å². The van der Waals surface area contributed by atoms with E-state index in [1.54, 1.807) is 7.05 Å². The van der Waals surface area contributed by atoms with E-state index in [1.165, 1.54) is 4.68 Å². The summed E-state index contributed by atoms with van der Waals surface area (Å²) in [6.07, 6.45) is 0.151. The van der Waals surface area contributed by atoms with Crippen LogP contribution in [0.3, 0.4) is 0 Å². The molecule has 0 spiro atoms. The van der Waals surface area contributed by atoms with Gasteiger partial charge >= 0.3 is 0 Å². The van der Waals surface area contributed by atoms with Crippen LogP contribution in [0.15, 0.2) is 22.7 Å². The van der Waals surface area contributed by atoms with Gasteiger partial charge in [-0.05, 0) is 41.1 Å². The molecule has 1 amide bonds. The summed E-state index contributed by atoms with van der Waals surface area (Å²) >= 11 is 3.41. The molecule has 0 fully saturated rings. The SMILES string of the molecule is Cc1cc(NC(=O)Cc2nnnn2C)ccc1Br. The Hall–Kier alpha value is -1.76. The van der Waals surface area contributed by atoms with Crippen LogP contribution in [0, 0.1) is 6.92 Å². The van der Waals surface area contributed by atoms with Crippen molar-refractivity contribution < 1.29 is 4.79 Å². The second kappa shape index (κ2) is 5.26. The first-order chi connectivity index (χ1) is 8.56. The number of rotatable bonds is 3. The highest BCUT2D eigenvalue weighted by atomic mass is 79.9. The second-order valence-corrected chi connectivity index (χ2v) is 4.76. The van der Waals surface area contributed by atoms with Gasteiger partial charge in [0.15, 0.2) is 5.82 Å². The van der Waals surface area contributed by atoms with Crippen molar-refractivity contribution >= 4 is 27.5 Å². The number of tetrazole rings is 1. The molecule has 0 radical (unpaired) electrons. The molecule has 94 valence electrons. The van der Waals surface area contributed by atoms with E-state index in [2.05, 4.69) is 36.8 Å². The molecular weight excluding hydrogens is 298 g/mol. The van der Waals surface area contributed by atoms with Crippen molar-refractivity contribution in [1.82, 2.24) is 20.2 Å². The summed E-state index contributed by atoms with van der Waals surface area (Å²) in [5.41, 5.74) is 1.82. The zero-order chi connectivity index (χ0) is 13.1. The maximum Gasteiger partial charge on any atom is 0.232 e. The van der Waals surface area contributed by atoms with E-state index in [-0.39, 0.29) is 12.3 Å². The van der Waals surface area contributed by atoms with Gasteiger partial charge in [0.2, 0.25) is 5.91 Å². The Labute approximate surface area is 113 Å². The second-order valence-electron chi connectivity index (χ2n) is 3.91. The van der Waals surface area contributed by atoms with Gasteiger partial charge in [-0.25, -0.2) is 4.68 Å². The summed E-state index contributed by atoms with van der Waals surface area (Å²) < 4.78 is 2.49. The van der Waals surface area contributed by atoms with Crippen molar-refractivity contribution in [2.75, 3.05) is 5.32 Å². The first kappa shape index (κ1) is 12.7. The van der Waals surface area contributed by atoms with E-state index in [0.717, 1.165) is 15.7 Å². The van der Waals surface area contributed by atoms with Gasteiger partial charge in [-0.15, -0.1) is 5.10 Å². The van der Waals surface area contributed by atoms with Gasteiger partial charge in [0, 0.05) is 17.2 Å². The molecule has 0 aliphatic carbocycles. The van der Waals surface area contributed by atoms with E-state index >= 15 is 0 Å². The van der Waals surface area contributed by atoms with Crippen LogP contribution in [0.1, 0.15) is 11.4 Å². The lowest BCUT2D eigenvalue weighted by atomic mass is 10.2. The molecule has 18 heavy (non-hydrogen) atoms. The first-order valence-corrected chi connectivity index (χ1v) is 6.13. The van der Waals surface area contributed by atoms with E-state index in [4.69, 9.17) is 0 Å². The molecule has 2 rings (SSSR count). The zero-order valence-electron chi connectivity index (χ0n) is 10.0. The number of nitrogens with zero attached hydrogens (tertiary/aromatic N) is 4. The van der Waals surface area contributed by atoms with Gasteiger partial charge in [-0.3, -0.25) is 4.79 Å². The lowest BCUT2D eigenvalue weighted by Crippen LogP contribution is -2.17. The molecule has 7 heteroatoms. The van der Waals surface area contributed by atoms with E-state index in [0.29, 0.717) is 5.82 Å². The van der Waals surface area contributed by atoms with Crippen LogP contribution in [-0.4, -0.2) is 26.1 Å². The predicted molar refractivity (Wildman–Crippen MR) is 70.0 cm³/mol. The number of nitrogens with one attached hydrogen (secondary N) is 1. The minimum absolute atomic E-state index is 0.144. The lowest BCUT2D eigenvalue weighted by Gasteiger charge is -2.06. The fraction of sp³-hybridized carbons (Fsp3) is 0.273. The van der Waals surface area contributed by atoms with Gasteiger partial charge in [0.1, 0.15) is 0 Å². The summed E-state index contributed by atoms with van der Waals surface area (Å²) in [7, 11) is 1.70. The molecule has 0 aliphatic heterocycles. The summed E-state index contributed by atoms with van der Waals surface area (Å²) in [5.74, 6) is 0.385. The number of benzene rings is 1. The highest BCUT2D eigenvalue weighted by Gasteiger charge is 2.09. The number of carbonyl (C=O) groups is 1. The fourth-order valence-electron chi connectivity index (χ4n) is 1.47. The molecule has 0 aliphatic rings. The third-order valence-electron chi connectivity index (χ3n) is 2.47. The number of aromatic nitrogens is 4. The fourth-order valence-corrected chi connectivity index (χ4v) is 1.72. The van der Waals surface area contributed by atoms with Crippen LogP contribution in [0.25, 0.3) is 0 Å².